The number of nitrogens with zero attached hydrogens (tertiary/aromatic N) is 3. The molecule has 1 aromatic heterocycles. The van der Waals surface area contributed by atoms with Gasteiger partial charge in [-0.15, -0.1) is 0 Å². The summed E-state index contributed by atoms with van der Waals surface area (Å²) >= 11 is 0. The van der Waals surface area contributed by atoms with Crippen molar-refractivity contribution in [1.82, 2.24) is 15.0 Å². The first-order valence-corrected chi connectivity index (χ1v) is 6.44. The lowest BCUT2D eigenvalue weighted by atomic mass is 10.1. The zero-order chi connectivity index (χ0) is 13.5. The van der Waals surface area contributed by atoms with E-state index in [1.54, 1.807) is 6.92 Å². The lowest BCUT2D eigenvalue weighted by molar-refractivity contribution is 0.187. The second-order valence-electron chi connectivity index (χ2n) is 4.46. The third-order valence-electron chi connectivity index (χ3n) is 2.91. The molecule has 0 bridgehead atoms. The van der Waals surface area contributed by atoms with Gasteiger partial charge < -0.3 is 9.63 Å². The predicted octanol–water partition coefficient (Wildman–Crippen LogP) is 1.42. The van der Waals surface area contributed by atoms with Crippen molar-refractivity contribution < 1.29 is 9.63 Å². The molecule has 5 nitrogen and oxygen atoms in total. The van der Waals surface area contributed by atoms with Crippen LogP contribution < -0.4 is 0 Å². The van der Waals surface area contributed by atoms with E-state index in [-0.39, 0.29) is 6.61 Å². The zero-order valence-corrected chi connectivity index (χ0v) is 11.1. The molecule has 0 spiro atoms. The lowest BCUT2D eigenvalue weighted by Gasteiger charge is -2.19. The molecule has 0 saturated carbocycles. The van der Waals surface area contributed by atoms with Crippen LogP contribution in [0.2, 0.25) is 0 Å². The van der Waals surface area contributed by atoms with Crippen LogP contribution in [0.1, 0.15) is 17.3 Å². The average Bonchev–Trinajstić information content (AvgIpc) is 2.83. The molecule has 0 saturated heterocycles. The minimum atomic E-state index is 0.131. The number of aliphatic hydroxyl groups is 1. The van der Waals surface area contributed by atoms with Gasteiger partial charge in [-0.2, -0.15) is 4.98 Å². The van der Waals surface area contributed by atoms with E-state index in [9.17, 15) is 0 Å². The summed E-state index contributed by atoms with van der Waals surface area (Å²) in [5.74, 6) is 1.24. The third-order valence-corrected chi connectivity index (χ3v) is 2.91. The molecular weight excluding hydrogens is 242 g/mol. The fourth-order valence-electron chi connectivity index (χ4n) is 1.95. The maximum absolute atomic E-state index is 9.11. The molecule has 0 fully saturated rings. The summed E-state index contributed by atoms with van der Waals surface area (Å²) in [6, 6.07) is 10.3. The highest BCUT2D eigenvalue weighted by Crippen LogP contribution is 2.05. The fraction of sp³-hybridized carbons (Fsp3) is 0.429. The zero-order valence-electron chi connectivity index (χ0n) is 11.1. The van der Waals surface area contributed by atoms with E-state index in [1.165, 1.54) is 5.56 Å². The number of hydrogen-bond donors (Lipinski definition) is 1. The molecule has 0 atom stereocenters. The Bertz CT molecular complexity index is 484. The Hall–Kier alpha value is -1.72. The van der Waals surface area contributed by atoms with Crippen molar-refractivity contribution in [3.63, 3.8) is 0 Å². The maximum Gasteiger partial charge on any atom is 0.223 e. The van der Waals surface area contributed by atoms with Gasteiger partial charge >= 0.3 is 0 Å². The highest BCUT2D eigenvalue weighted by atomic mass is 16.5. The molecule has 1 heterocycles. The number of aliphatic hydroxyl groups excluding tert-OH is 1. The predicted molar refractivity (Wildman–Crippen MR) is 71.5 cm³/mol. The molecule has 0 aliphatic rings. The Balaban J connectivity index is 1.89. The highest BCUT2D eigenvalue weighted by Gasteiger charge is 2.10. The van der Waals surface area contributed by atoms with Gasteiger partial charge in [-0.1, -0.05) is 35.5 Å². The second kappa shape index (κ2) is 7.01. The molecule has 0 amide bonds. The summed E-state index contributed by atoms with van der Waals surface area (Å²) in [5.41, 5.74) is 1.29. The van der Waals surface area contributed by atoms with Gasteiger partial charge in [-0.3, -0.25) is 4.90 Å². The van der Waals surface area contributed by atoms with Crippen LogP contribution in [-0.4, -0.2) is 39.8 Å². The van der Waals surface area contributed by atoms with Crippen molar-refractivity contribution in [2.24, 2.45) is 0 Å². The Kier molecular flexibility index (Phi) is 5.06. The Morgan fingerprint density at radius 2 is 2.00 bits per heavy atom. The smallest absolute Gasteiger partial charge is 0.223 e. The maximum atomic E-state index is 9.11. The van der Waals surface area contributed by atoms with Crippen LogP contribution in [0.4, 0.5) is 0 Å². The molecule has 19 heavy (non-hydrogen) atoms. The summed E-state index contributed by atoms with van der Waals surface area (Å²) < 4.78 is 4.96. The van der Waals surface area contributed by atoms with Crippen molar-refractivity contribution in [2.45, 2.75) is 19.9 Å². The number of hydrogen-bond acceptors (Lipinski definition) is 5. The van der Waals surface area contributed by atoms with Crippen LogP contribution in [0.15, 0.2) is 34.9 Å². The molecule has 0 aliphatic heterocycles. The van der Waals surface area contributed by atoms with Crippen molar-refractivity contribution >= 4 is 0 Å². The van der Waals surface area contributed by atoms with Crippen LogP contribution >= 0.6 is 0 Å². The monoisotopic (exact) mass is 261 g/mol. The molecule has 5 heteroatoms. The summed E-state index contributed by atoms with van der Waals surface area (Å²) in [5, 5.41) is 13.0. The molecular formula is C14H19N3O2. The van der Waals surface area contributed by atoms with Gasteiger partial charge in [0.2, 0.25) is 5.89 Å². The minimum Gasteiger partial charge on any atom is -0.395 e. The molecule has 0 radical (unpaired) electrons. The highest BCUT2D eigenvalue weighted by molar-refractivity contribution is 5.14. The van der Waals surface area contributed by atoms with Gasteiger partial charge in [0.25, 0.3) is 0 Å². The topological polar surface area (TPSA) is 62.4 Å². The van der Waals surface area contributed by atoms with Gasteiger partial charge in [-0.05, 0) is 12.0 Å². The number of aryl methyl sites for hydroxylation is 1. The SMILES string of the molecule is Cc1nc(CN(CCO)CCc2ccccc2)no1. The normalized spacial score (nSPS) is 11.1. The van der Waals surface area contributed by atoms with Gasteiger partial charge in [0.05, 0.1) is 13.2 Å². The fourth-order valence-corrected chi connectivity index (χ4v) is 1.95. The lowest BCUT2D eigenvalue weighted by Crippen LogP contribution is -2.29. The van der Waals surface area contributed by atoms with E-state index >= 15 is 0 Å². The van der Waals surface area contributed by atoms with E-state index in [0.717, 1.165) is 13.0 Å². The summed E-state index contributed by atoms with van der Waals surface area (Å²) in [6.07, 6.45) is 0.942. The summed E-state index contributed by atoms with van der Waals surface area (Å²) in [7, 11) is 0. The van der Waals surface area contributed by atoms with E-state index in [4.69, 9.17) is 9.63 Å². The second-order valence-corrected chi connectivity index (χ2v) is 4.46. The first kappa shape index (κ1) is 13.7. The Labute approximate surface area is 112 Å². The van der Waals surface area contributed by atoms with Crippen molar-refractivity contribution in [1.29, 1.82) is 0 Å². The largest absolute Gasteiger partial charge is 0.395 e. The van der Waals surface area contributed by atoms with Gasteiger partial charge in [0, 0.05) is 20.0 Å². The third kappa shape index (κ3) is 4.46. The van der Waals surface area contributed by atoms with E-state index in [2.05, 4.69) is 27.2 Å². The van der Waals surface area contributed by atoms with Crippen molar-refractivity contribution in [3.8, 4) is 0 Å². The van der Waals surface area contributed by atoms with Crippen molar-refractivity contribution in [2.75, 3.05) is 19.7 Å². The standard InChI is InChI=1S/C14H19N3O2/c1-12-15-14(16-19-12)11-17(9-10-18)8-7-13-5-3-2-4-6-13/h2-6,18H,7-11H2,1H3. The summed E-state index contributed by atoms with van der Waals surface area (Å²) in [6.45, 7) is 3.98. The number of rotatable bonds is 7. The summed E-state index contributed by atoms with van der Waals surface area (Å²) in [4.78, 5) is 6.31. The van der Waals surface area contributed by atoms with E-state index < -0.39 is 0 Å². The first-order valence-electron chi connectivity index (χ1n) is 6.44. The van der Waals surface area contributed by atoms with Gasteiger partial charge in [0.1, 0.15) is 0 Å². The Morgan fingerprint density at radius 3 is 2.63 bits per heavy atom. The number of benzene rings is 1. The molecule has 102 valence electrons. The van der Waals surface area contributed by atoms with Crippen LogP contribution in [0.25, 0.3) is 0 Å². The molecule has 1 aromatic carbocycles. The van der Waals surface area contributed by atoms with Crippen molar-refractivity contribution in [3.05, 3.63) is 47.6 Å². The average molecular weight is 261 g/mol. The molecule has 1 N–H and O–H groups in total. The van der Waals surface area contributed by atoms with E-state index in [1.807, 2.05) is 18.2 Å². The van der Waals surface area contributed by atoms with Gasteiger partial charge in [0.15, 0.2) is 5.82 Å². The molecule has 2 aromatic rings. The van der Waals surface area contributed by atoms with Crippen LogP contribution in [0, 0.1) is 6.92 Å². The molecule has 0 aliphatic carbocycles. The van der Waals surface area contributed by atoms with E-state index in [0.29, 0.717) is 24.8 Å². The minimum absolute atomic E-state index is 0.131. The molecule has 0 unspecified atom stereocenters. The van der Waals surface area contributed by atoms with Gasteiger partial charge in [-0.25, -0.2) is 0 Å². The number of aromatic nitrogens is 2. The van der Waals surface area contributed by atoms with Crippen LogP contribution in [0.3, 0.4) is 0 Å². The van der Waals surface area contributed by atoms with Crippen LogP contribution in [0.5, 0.6) is 0 Å². The quantitative estimate of drug-likeness (QED) is 0.816. The molecule has 2 rings (SSSR count). The van der Waals surface area contributed by atoms with Crippen LogP contribution in [-0.2, 0) is 13.0 Å². The Morgan fingerprint density at radius 1 is 1.21 bits per heavy atom. The first-order chi connectivity index (χ1) is 9.28.